The average Bonchev–Trinajstić information content (AvgIpc) is 2.40. The summed E-state index contributed by atoms with van der Waals surface area (Å²) >= 11 is 0. The van der Waals surface area contributed by atoms with E-state index >= 15 is 0 Å². The fourth-order valence-electron chi connectivity index (χ4n) is 1.10. The molecule has 1 saturated heterocycles. The number of rotatable bonds is 2. The molecule has 0 aromatic rings. The van der Waals surface area contributed by atoms with Gasteiger partial charge in [0.1, 0.15) is 0 Å². The maximum absolute atomic E-state index is 8.67. The minimum Gasteiger partial charge on any atom is -0.392 e. The molecule has 1 unspecified atom stereocenters. The van der Waals surface area contributed by atoms with Crippen LogP contribution in [0.2, 0.25) is 0 Å². The van der Waals surface area contributed by atoms with Crippen LogP contribution in [0.5, 0.6) is 0 Å². The van der Waals surface area contributed by atoms with E-state index in [9.17, 15) is 0 Å². The van der Waals surface area contributed by atoms with Crippen LogP contribution < -0.4 is 0 Å². The highest BCUT2D eigenvalue weighted by Crippen LogP contribution is 2.14. The summed E-state index contributed by atoms with van der Waals surface area (Å²) in [5.41, 5.74) is 1.01. The van der Waals surface area contributed by atoms with Crippen LogP contribution in [-0.2, 0) is 4.74 Å². The minimum absolute atomic E-state index is 0.153. The van der Waals surface area contributed by atoms with Crippen LogP contribution >= 0.6 is 0 Å². The zero-order chi connectivity index (χ0) is 7.40. The first-order chi connectivity index (χ1) is 4.83. The lowest BCUT2D eigenvalue weighted by molar-refractivity contribution is 0.144. The summed E-state index contributed by atoms with van der Waals surface area (Å²) in [5, 5.41) is 8.67. The fraction of sp³-hybridized carbons (Fsp3) is 0.750. The molecule has 0 radical (unpaired) electrons. The average molecular weight is 142 g/mol. The van der Waals surface area contributed by atoms with Crippen molar-refractivity contribution in [3.63, 3.8) is 0 Å². The molecular weight excluding hydrogens is 128 g/mol. The predicted octanol–water partition coefficient (Wildman–Crippen LogP) is 1.10. The maximum atomic E-state index is 8.67. The number of aliphatic hydroxyl groups is 1. The van der Waals surface area contributed by atoms with Crippen molar-refractivity contribution in [1.82, 2.24) is 0 Å². The summed E-state index contributed by atoms with van der Waals surface area (Å²) in [6.07, 6.45) is 4.54. The summed E-state index contributed by atoms with van der Waals surface area (Å²) in [6.45, 7) is 2.95. The van der Waals surface area contributed by atoms with Gasteiger partial charge in [-0.05, 0) is 25.3 Å². The van der Waals surface area contributed by atoms with Gasteiger partial charge in [0.05, 0.1) is 12.7 Å². The Bertz CT molecular complexity index is 123. The van der Waals surface area contributed by atoms with Gasteiger partial charge >= 0.3 is 0 Å². The van der Waals surface area contributed by atoms with E-state index in [1.165, 1.54) is 0 Å². The van der Waals surface area contributed by atoms with Crippen molar-refractivity contribution in [2.45, 2.75) is 25.9 Å². The molecular formula is C8H14O2. The van der Waals surface area contributed by atoms with Crippen molar-refractivity contribution in [3.05, 3.63) is 11.6 Å². The zero-order valence-corrected chi connectivity index (χ0v) is 6.34. The quantitative estimate of drug-likeness (QED) is 0.585. The van der Waals surface area contributed by atoms with E-state index in [4.69, 9.17) is 9.84 Å². The van der Waals surface area contributed by atoms with E-state index in [1.807, 2.05) is 13.0 Å². The Kier molecular flexibility index (Phi) is 2.90. The fourth-order valence-corrected chi connectivity index (χ4v) is 1.10. The SMILES string of the molecule is CC(=CC1CCCO1)CO. The predicted molar refractivity (Wildman–Crippen MR) is 39.8 cm³/mol. The van der Waals surface area contributed by atoms with Gasteiger partial charge in [0.15, 0.2) is 0 Å². The molecule has 1 atom stereocenters. The van der Waals surface area contributed by atoms with E-state index in [0.29, 0.717) is 0 Å². The number of hydrogen-bond acceptors (Lipinski definition) is 2. The second-order valence-corrected chi connectivity index (χ2v) is 2.72. The van der Waals surface area contributed by atoms with Gasteiger partial charge in [-0.2, -0.15) is 0 Å². The first kappa shape index (κ1) is 7.76. The molecule has 1 N–H and O–H groups in total. The molecule has 0 aromatic heterocycles. The molecule has 1 aliphatic heterocycles. The van der Waals surface area contributed by atoms with E-state index in [0.717, 1.165) is 25.0 Å². The summed E-state index contributed by atoms with van der Waals surface area (Å²) in [4.78, 5) is 0. The molecule has 1 fully saturated rings. The lowest BCUT2D eigenvalue weighted by Crippen LogP contribution is -2.01. The Morgan fingerprint density at radius 3 is 3.10 bits per heavy atom. The van der Waals surface area contributed by atoms with Crippen LogP contribution in [0.3, 0.4) is 0 Å². The highest BCUT2D eigenvalue weighted by molar-refractivity contribution is 5.02. The lowest BCUT2D eigenvalue weighted by Gasteiger charge is -2.03. The Balaban J connectivity index is 2.34. The minimum atomic E-state index is 0.153. The Morgan fingerprint density at radius 2 is 2.60 bits per heavy atom. The van der Waals surface area contributed by atoms with Crippen molar-refractivity contribution in [1.29, 1.82) is 0 Å². The number of hydrogen-bond donors (Lipinski definition) is 1. The molecule has 1 aliphatic rings. The third-order valence-electron chi connectivity index (χ3n) is 1.68. The first-order valence-electron chi connectivity index (χ1n) is 3.72. The van der Waals surface area contributed by atoms with Gasteiger partial charge in [-0.1, -0.05) is 6.08 Å². The van der Waals surface area contributed by atoms with Gasteiger partial charge in [0.2, 0.25) is 0 Å². The van der Waals surface area contributed by atoms with Crippen molar-refractivity contribution in [2.75, 3.05) is 13.2 Å². The third-order valence-corrected chi connectivity index (χ3v) is 1.68. The van der Waals surface area contributed by atoms with Gasteiger partial charge < -0.3 is 9.84 Å². The highest BCUT2D eigenvalue weighted by atomic mass is 16.5. The lowest BCUT2D eigenvalue weighted by atomic mass is 10.2. The topological polar surface area (TPSA) is 29.5 Å². The molecule has 1 heterocycles. The number of ether oxygens (including phenoxy) is 1. The van der Waals surface area contributed by atoms with Crippen LogP contribution in [0, 0.1) is 0 Å². The molecule has 2 heteroatoms. The van der Waals surface area contributed by atoms with E-state index in [2.05, 4.69) is 0 Å². The van der Waals surface area contributed by atoms with Crippen molar-refractivity contribution in [2.24, 2.45) is 0 Å². The van der Waals surface area contributed by atoms with Crippen molar-refractivity contribution in [3.8, 4) is 0 Å². The van der Waals surface area contributed by atoms with Gasteiger partial charge in [-0.15, -0.1) is 0 Å². The van der Waals surface area contributed by atoms with Crippen LogP contribution in [0.25, 0.3) is 0 Å². The zero-order valence-electron chi connectivity index (χ0n) is 6.34. The van der Waals surface area contributed by atoms with Crippen molar-refractivity contribution >= 4 is 0 Å². The van der Waals surface area contributed by atoms with Gasteiger partial charge in [0.25, 0.3) is 0 Å². The summed E-state index contributed by atoms with van der Waals surface area (Å²) < 4.78 is 5.34. The second kappa shape index (κ2) is 3.74. The molecule has 0 aliphatic carbocycles. The normalized spacial score (nSPS) is 27.4. The molecule has 58 valence electrons. The summed E-state index contributed by atoms with van der Waals surface area (Å²) in [6, 6.07) is 0. The van der Waals surface area contributed by atoms with Gasteiger partial charge in [-0.25, -0.2) is 0 Å². The Labute approximate surface area is 61.5 Å². The summed E-state index contributed by atoms with van der Waals surface area (Å²) in [7, 11) is 0. The van der Waals surface area contributed by atoms with E-state index in [-0.39, 0.29) is 12.7 Å². The molecule has 10 heavy (non-hydrogen) atoms. The monoisotopic (exact) mass is 142 g/mol. The Morgan fingerprint density at radius 1 is 1.80 bits per heavy atom. The molecule has 1 rings (SSSR count). The third kappa shape index (κ3) is 2.12. The van der Waals surface area contributed by atoms with Gasteiger partial charge in [-0.3, -0.25) is 0 Å². The van der Waals surface area contributed by atoms with Crippen LogP contribution in [-0.4, -0.2) is 24.4 Å². The standard InChI is InChI=1S/C8H14O2/c1-7(6-9)5-8-3-2-4-10-8/h5,8-9H,2-4,6H2,1H3. The second-order valence-electron chi connectivity index (χ2n) is 2.72. The van der Waals surface area contributed by atoms with Crippen LogP contribution in [0.15, 0.2) is 11.6 Å². The number of aliphatic hydroxyl groups excluding tert-OH is 1. The molecule has 0 spiro atoms. The highest BCUT2D eigenvalue weighted by Gasteiger charge is 2.11. The molecule has 0 amide bonds. The Hall–Kier alpha value is -0.340. The van der Waals surface area contributed by atoms with Crippen molar-refractivity contribution < 1.29 is 9.84 Å². The largest absolute Gasteiger partial charge is 0.392 e. The molecule has 0 saturated carbocycles. The van der Waals surface area contributed by atoms with Gasteiger partial charge in [0, 0.05) is 6.61 Å². The molecule has 2 nitrogen and oxygen atoms in total. The van der Waals surface area contributed by atoms with Crippen LogP contribution in [0.4, 0.5) is 0 Å². The maximum Gasteiger partial charge on any atom is 0.0760 e. The smallest absolute Gasteiger partial charge is 0.0760 e. The molecule has 0 aromatic carbocycles. The van der Waals surface area contributed by atoms with E-state index < -0.39 is 0 Å². The van der Waals surface area contributed by atoms with E-state index in [1.54, 1.807) is 0 Å². The van der Waals surface area contributed by atoms with Crippen LogP contribution in [0.1, 0.15) is 19.8 Å². The summed E-state index contributed by atoms with van der Waals surface area (Å²) in [5.74, 6) is 0. The first-order valence-corrected chi connectivity index (χ1v) is 3.72. The molecule has 0 bridgehead atoms.